The molecular weight excluding hydrogens is 362 g/mol. The van der Waals surface area contributed by atoms with Crippen molar-refractivity contribution < 1.29 is 14.4 Å². The van der Waals surface area contributed by atoms with Crippen molar-refractivity contribution in [2.75, 3.05) is 13.1 Å². The van der Waals surface area contributed by atoms with Crippen LogP contribution in [-0.4, -0.2) is 40.7 Å². The molecule has 1 atom stereocenters. The van der Waals surface area contributed by atoms with Crippen LogP contribution in [-0.2, 0) is 21.7 Å². The first-order valence-corrected chi connectivity index (χ1v) is 9.44. The Kier molecular flexibility index (Phi) is 5.41. The maximum absolute atomic E-state index is 12.9. The number of benzene rings is 1. The van der Waals surface area contributed by atoms with Crippen molar-refractivity contribution in [3.63, 3.8) is 0 Å². The normalized spacial score (nSPS) is 19.1. The molecule has 27 heavy (non-hydrogen) atoms. The van der Waals surface area contributed by atoms with Crippen LogP contribution < -0.4 is 5.32 Å². The Morgan fingerprint density at radius 1 is 1.26 bits per heavy atom. The molecular formula is C20H21N3O3S. The number of rotatable bonds is 7. The summed E-state index contributed by atoms with van der Waals surface area (Å²) >= 11 is 1.55. The maximum Gasteiger partial charge on any atom is 0.325 e. The first-order chi connectivity index (χ1) is 13.0. The smallest absolute Gasteiger partial charge is 0.325 e. The van der Waals surface area contributed by atoms with Crippen molar-refractivity contribution in [1.82, 2.24) is 15.1 Å². The lowest BCUT2D eigenvalue weighted by atomic mass is 9.92. The second kappa shape index (κ2) is 7.75. The molecule has 3 rings (SSSR count). The number of nitrogens with one attached hydrogen (secondary N) is 1. The summed E-state index contributed by atoms with van der Waals surface area (Å²) in [5.74, 6) is -0.731. The van der Waals surface area contributed by atoms with Crippen LogP contribution in [0.15, 0.2) is 60.5 Å². The number of carbonyl (C=O) groups excluding carboxylic acids is 3. The molecule has 0 bridgehead atoms. The number of amides is 4. The molecule has 2 heterocycles. The van der Waals surface area contributed by atoms with Gasteiger partial charge in [-0.1, -0.05) is 42.5 Å². The fourth-order valence-electron chi connectivity index (χ4n) is 3.04. The van der Waals surface area contributed by atoms with Crippen LogP contribution >= 0.6 is 11.3 Å². The highest BCUT2D eigenvalue weighted by Crippen LogP contribution is 2.28. The van der Waals surface area contributed by atoms with Gasteiger partial charge in [0.2, 0.25) is 5.91 Å². The minimum Gasteiger partial charge on any atom is -0.332 e. The molecule has 0 aliphatic carbocycles. The van der Waals surface area contributed by atoms with Crippen molar-refractivity contribution in [3.05, 3.63) is 70.9 Å². The van der Waals surface area contributed by atoms with Crippen LogP contribution in [0.3, 0.4) is 0 Å². The summed E-state index contributed by atoms with van der Waals surface area (Å²) < 4.78 is 0. The minimum atomic E-state index is -1.17. The standard InChI is InChI=1S/C20H21N3O3S/c1-3-11-22(13-16-10-7-12-27-16)17(24)14-23-18(25)20(2,21-19(23)26)15-8-5-4-6-9-15/h3-10,12H,1,11,13-14H2,2H3,(H,21,26)/t20-/m1/s1. The third-order valence-electron chi connectivity index (χ3n) is 4.55. The Morgan fingerprint density at radius 2 is 2.00 bits per heavy atom. The highest BCUT2D eigenvalue weighted by atomic mass is 32.1. The van der Waals surface area contributed by atoms with Gasteiger partial charge in [0.05, 0.1) is 6.54 Å². The van der Waals surface area contributed by atoms with Gasteiger partial charge in [0.25, 0.3) is 5.91 Å². The van der Waals surface area contributed by atoms with Gasteiger partial charge in [-0.2, -0.15) is 0 Å². The zero-order chi connectivity index (χ0) is 19.4. The average Bonchev–Trinajstić information content (AvgIpc) is 3.25. The average molecular weight is 383 g/mol. The topological polar surface area (TPSA) is 69.7 Å². The predicted molar refractivity (Wildman–Crippen MR) is 104 cm³/mol. The first-order valence-electron chi connectivity index (χ1n) is 8.56. The Bertz CT molecular complexity index is 851. The van der Waals surface area contributed by atoms with E-state index >= 15 is 0 Å². The molecule has 1 aromatic heterocycles. The van der Waals surface area contributed by atoms with Crippen LogP contribution in [0.5, 0.6) is 0 Å². The molecule has 140 valence electrons. The summed E-state index contributed by atoms with van der Waals surface area (Å²) in [6.45, 7) is 5.80. The van der Waals surface area contributed by atoms with Gasteiger partial charge in [-0.05, 0) is 23.9 Å². The molecule has 0 spiro atoms. The van der Waals surface area contributed by atoms with Crippen LogP contribution in [0.2, 0.25) is 0 Å². The van der Waals surface area contributed by atoms with Crippen molar-refractivity contribution >= 4 is 29.2 Å². The van der Waals surface area contributed by atoms with E-state index in [4.69, 9.17) is 0 Å². The van der Waals surface area contributed by atoms with Crippen LogP contribution in [0, 0.1) is 0 Å². The summed E-state index contributed by atoms with van der Waals surface area (Å²) in [5.41, 5.74) is -0.491. The molecule has 7 heteroatoms. The molecule has 1 N–H and O–H groups in total. The van der Waals surface area contributed by atoms with Crippen molar-refractivity contribution in [1.29, 1.82) is 0 Å². The summed E-state index contributed by atoms with van der Waals surface area (Å²) in [4.78, 5) is 41.7. The van der Waals surface area contributed by atoms with E-state index in [9.17, 15) is 14.4 Å². The number of hydrogen-bond acceptors (Lipinski definition) is 4. The molecule has 2 aromatic rings. The van der Waals surface area contributed by atoms with Crippen LogP contribution in [0.25, 0.3) is 0 Å². The Morgan fingerprint density at radius 3 is 2.63 bits per heavy atom. The van der Waals surface area contributed by atoms with E-state index in [1.54, 1.807) is 53.5 Å². The lowest BCUT2D eigenvalue weighted by Gasteiger charge is -2.24. The molecule has 4 amide bonds. The monoisotopic (exact) mass is 383 g/mol. The van der Waals surface area contributed by atoms with Gasteiger partial charge in [-0.15, -0.1) is 17.9 Å². The van der Waals surface area contributed by atoms with Crippen molar-refractivity contribution in [3.8, 4) is 0 Å². The van der Waals surface area contributed by atoms with Gasteiger partial charge >= 0.3 is 6.03 Å². The van der Waals surface area contributed by atoms with Gasteiger partial charge in [0.1, 0.15) is 12.1 Å². The van der Waals surface area contributed by atoms with E-state index < -0.39 is 17.5 Å². The van der Waals surface area contributed by atoms with E-state index in [0.717, 1.165) is 9.78 Å². The zero-order valence-corrected chi connectivity index (χ0v) is 15.9. The molecule has 1 aromatic carbocycles. The second-order valence-electron chi connectivity index (χ2n) is 6.45. The fraction of sp³-hybridized carbons (Fsp3) is 0.250. The van der Waals surface area contributed by atoms with Crippen LogP contribution in [0.1, 0.15) is 17.4 Å². The Hall–Kier alpha value is -2.93. The summed E-state index contributed by atoms with van der Waals surface area (Å²) in [7, 11) is 0. The zero-order valence-electron chi connectivity index (χ0n) is 15.1. The van der Waals surface area contributed by atoms with E-state index in [1.807, 2.05) is 23.6 Å². The number of hydrogen-bond donors (Lipinski definition) is 1. The lowest BCUT2D eigenvalue weighted by molar-refractivity contribution is -0.138. The van der Waals surface area contributed by atoms with E-state index in [0.29, 0.717) is 18.7 Å². The van der Waals surface area contributed by atoms with E-state index in [-0.39, 0.29) is 12.5 Å². The molecule has 0 radical (unpaired) electrons. The molecule has 1 aliphatic rings. The molecule has 0 saturated carbocycles. The Balaban J connectivity index is 1.75. The second-order valence-corrected chi connectivity index (χ2v) is 7.49. The highest BCUT2D eigenvalue weighted by Gasteiger charge is 2.49. The number of imide groups is 1. The Labute approximate surface area is 162 Å². The fourth-order valence-corrected chi connectivity index (χ4v) is 3.76. The SMILES string of the molecule is C=CCN(Cc1cccs1)C(=O)CN1C(=O)N[C@](C)(c2ccccc2)C1=O. The minimum absolute atomic E-state index is 0.299. The first kappa shape index (κ1) is 18.8. The summed E-state index contributed by atoms with van der Waals surface area (Å²) in [5, 5.41) is 4.66. The summed E-state index contributed by atoms with van der Waals surface area (Å²) in [6, 6.07) is 12.3. The van der Waals surface area contributed by atoms with E-state index in [2.05, 4.69) is 11.9 Å². The van der Waals surface area contributed by atoms with Gasteiger partial charge < -0.3 is 10.2 Å². The van der Waals surface area contributed by atoms with Gasteiger partial charge in [-0.25, -0.2) is 4.79 Å². The van der Waals surface area contributed by atoms with Crippen LogP contribution in [0.4, 0.5) is 4.79 Å². The van der Waals surface area contributed by atoms with Gasteiger partial charge in [0.15, 0.2) is 0 Å². The number of urea groups is 1. The summed E-state index contributed by atoms with van der Waals surface area (Å²) in [6.07, 6.45) is 1.63. The number of nitrogens with zero attached hydrogens (tertiary/aromatic N) is 2. The third kappa shape index (κ3) is 3.78. The molecule has 6 nitrogen and oxygen atoms in total. The molecule has 1 fully saturated rings. The van der Waals surface area contributed by atoms with Gasteiger partial charge in [-0.3, -0.25) is 14.5 Å². The molecule has 1 saturated heterocycles. The maximum atomic E-state index is 12.9. The molecule has 1 aliphatic heterocycles. The quantitative estimate of drug-likeness (QED) is 0.590. The number of thiophene rings is 1. The number of carbonyl (C=O) groups is 3. The third-order valence-corrected chi connectivity index (χ3v) is 5.41. The largest absolute Gasteiger partial charge is 0.332 e. The molecule has 0 unspecified atom stereocenters. The predicted octanol–water partition coefficient (Wildman–Crippen LogP) is 2.73. The van der Waals surface area contributed by atoms with Crippen molar-refractivity contribution in [2.45, 2.75) is 19.0 Å². The van der Waals surface area contributed by atoms with Crippen molar-refractivity contribution in [2.24, 2.45) is 0 Å². The highest BCUT2D eigenvalue weighted by molar-refractivity contribution is 7.09. The lowest BCUT2D eigenvalue weighted by Crippen LogP contribution is -2.44. The van der Waals surface area contributed by atoms with Gasteiger partial charge in [0, 0.05) is 11.4 Å². The van der Waals surface area contributed by atoms with E-state index in [1.165, 1.54) is 0 Å².